The van der Waals surface area contributed by atoms with Gasteiger partial charge in [0.15, 0.2) is 17.8 Å². The molecule has 6 N–H and O–H groups in total. The molecule has 266 valence electrons. The number of hydrogen-bond donors (Lipinski definition) is 6. The van der Waals surface area contributed by atoms with Crippen molar-refractivity contribution in [1.29, 1.82) is 0 Å². The average Bonchev–Trinajstić information content (AvgIpc) is 3.10. The average molecular weight is 691 g/mol. The van der Waals surface area contributed by atoms with Gasteiger partial charge in [-0.1, -0.05) is 12.1 Å². The molecule has 0 aromatic heterocycles. The highest BCUT2D eigenvalue weighted by molar-refractivity contribution is 5.91. The lowest BCUT2D eigenvalue weighted by Gasteiger charge is -2.42. The smallest absolute Gasteiger partial charge is 0.338 e. The summed E-state index contributed by atoms with van der Waals surface area (Å²) in [6, 6.07) is 10.1. The van der Waals surface area contributed by atoms with Crippen molar-refractivity contribution in [3.8, 4) is 17.2 Å². The number of methoxy groups -OCH3 is 2. The van der Waals surface area contributed by atoms with E-state index in [1.807, 2.05) is 0 Å². The van der Waals surface area contributed by atoms with Crippen LogP contribution in [0, 0.1) is 5.92 Å². The zero-order valence-corrected chi connectivity index (χ0v) is 26.5. The van der Waals surface area contributed by atoms with E-state index in [4.69, 9.17) is 33.2 Å². The first-order valence-corrected chi connectivity index (χ1v) is 15.0. The first kappa shape index (κ1) is 37.1. The molecular formula is C33H38O16. The van der Waals surface area contributed by atoms with Gasteiger partial charge in [-0.25, -0.2) is 9.59 Å². The minimum Gasteiger partial charge on any atom is -0.508 e. The normalized spacial score (nSPS) is 25.9. The van der Waals surface area contributed by atoms with E-state index in [1.165, 1.54) is 43.5 Å². The van der Waals surface area contributed by atoms with Gasteiger partial charge in [-0.05, 0) is 42.0 Å². The van der Waals surface area contributed by atoms with Gasteiger partial charge >= 0.3 is 17.9 Å². The van der Waals surface area contributed by atoms with Crippen molar-refractivity contribution < 1.29 is 78.2 Å². The Morgan fingerprint density at radius 3 is 2.33 bits per heavy atom. The van der Waals surface area contributed by atoms with Crippen LogP contribution in [0.25, 0.3) is 0 Å². The van der Waals surface area contributed by atoms with Crippen LogP contribution in [0.2, 0.25) is 0 Å². The zero-order chi connectivity index (χ0) is 35.7. The summed E-state index contributed by atoms with van der Waals surface area (Å²) in [4.78, 5) is 38.7. The Labute approximate surface area is 280 Å². The molecular weight excluding hydrogens is 652 g/mol. The first-order chi connectivity index (χ1) is 23.5. The van der Waals surface area contributed by atoms with E-state index in [1.54, 1.807) is 12.1 Å². The summed E-state index contributed by atoms with van der Waals surface area (Å²) in [6.45, 7) is -1.24. The molecule has 0 unspecified atom stereocenters. The van der Waals surface area contributed by atoms with E-state index < -0.39 is 80.5 Å². The molecule has 2 aromatic carbocycles. The second kappa shape index (κ2) is 17.1. The fourth-order valence-corrected chi connectivity index (χ4v) is 5.10. The zero-order valence-electron chi connectivity index (χ0n) is 26.5. The van der Waals surface area contributed by atoms with Crippen LogP contribution >= 0.6 is 0 Å². The molecule has 1 saturated heterocycles. The molecule has 2 heterocycles. The Kier molecular flexibility index (Phi) is 13.0. The standard InChI is InChI=1S/C33H38O16/c1-43-24-13-18(5-8-23(24)36)30(41)46-12-10-20-21(14-26(37)45-11-9-17-3-6-19(35)7-4-17)22(31(42)44-2)16-47-32(20)49-33-29(40)28(39)27(38)25(15-34)48-33/h3-8,10,13,16,21,25,27-29,32-36,38-40H,9,11-12,14-15H2,1-2H3/t21-,25-,27-,28+,29-,32+,33-/m1/s1. The lowest BCUT2D eigenvalue weighted by Crippen LogP contribution is -2.60. The largest absolute Gasteiger partial charge is 0.508 e. The van der Waals surface area contributed by atoms with Crippen LogP contribution in [0.15, 0.2) is 65.9 Å². The number of aromatic hydroxyl groups is 2. The van der Waals surface area contributed by atoms with Crippen molar-refractivity contribution in [3.63, 3.8) is 0 Å². The van der Waals surface area contributed by atoms with Gasteiger partial charge in [0.05, 0.1) is 51.3 Å². The van der Waals surface area contributed by atoms with Crippen molar-refractivity contribution in [2.24, 2.45) is 5.92 Å². The highest BCUT2D eigenvalue weighted by Crippen LogP contribution is 2.36. The van der Waals surface area contributed by atoms with Crippen LogP contribution < -0.4 is 4.74 Å². The van der Waals surface area contributed by atoms with E-state index >= 15 is 0 Å². The Bertz CT molecular complexity index is 1520. The molecule has 16 nitrogen and oxygen atoms in total. The molecule has 49 heavy (non-hydrogen) atoms. The van der Waals surface area contributed by atoms with Crippen LogP contribution in [0.3, 0.4) is 0 Å². The molecule has 0 spiro atoms. The number of carbonyl (C=O) groups excluding carboxylic acids is 3. The molecule has 2 aliphatic rings. The number of hydrogen-bond acceptors (Lipinski definition) is 16. The quantitative estimate of drug-likeness (QED) is 0.0936. The van der Waals surface area contributed by atoms with Crippen molar-refractivity contribution >= 4 is 17.9 Å². The summed E-state index contributed by atoms with van der Waals surface area (Å²) in [5, 5.41) is 60.0. The Morgan fingerprint density at radius 1 is 0.918 bits per heavy atom. The molecule has 0 bridgehead atoms. The minimum atomic E-state index is -1.82. The van der Waals surface area contributed by atoms with Gasteiger partial charge in [-0.2, -0.15) is 0 Å². The fraction of sp³-hybridized carbons (Fsp3) is 0.424. The van der Waals surface area contributed by atoms with Gasteiger partial charge in [0, 0.05) is 17.9 Å². The molecule has 16 heteroatoms. The van der Waals surface area contributed by atoms with E-state index in [-0.39, 0.29) is 40.6 Å². The maximum atomic E-state index is 13.1. The Balaban J connectivity index is 1.59. The fourth-order valence-electron chi connectivity index (χ4n) is 5.10. The van der Waals surface area contributed by atoms with Crippen molar-refractivity contribution in [2.75, 3.05) is 34.0 Å². The van der Waals surface area contributed by atoms with Crippen LogP contribution in [0.4, 0.5) is 0 Å². The number of aliphatic hydroxyl groups excluding tert-OH is 4. The molecule has 7 atom stereocenters. The Hall–Kier alpha value is -4.71. The predicted octanol–water partition coefficient (Wildman–Crippen LogP) is 0.212. The van der Waals surface area contributed by atoms with Gasteiger partial charge in [0.25, 0.3) is 0 Å². The number of rotatable bonds is 13. The van der Waals surface area contributed by atoms with E-state index in [9.17, 15) is 45.0 Å². The van der Waals surface area contributed by atoms with Gasteiger partial charge in [-0.15, -0.1) is 0 Å². The highest BCUT2D eigenvalue weighted by Gasteiger charge is 2.47. The van der Waals surface area contributed by atoms with Crippen LogP contribution in [0.1, 0.15) is 22.3 Å². The first-order valence-electron chi connectivity index (χ1n) is 15.0. The molecule has 2 aliphatic heterocycles. The van der Waals surface area contributed by atoms with Gasteiger partial charge in [-0.3, -0.25) is 4.79 Å². The third kappa shape index (κ3) is 9.26. The summed E-state index contributed by atoms with van der Waals surface area (Å²) in [5.41, 5.74) is 0.721. The van der Waals surface area contributed by atoms with Crippen molar-refractivity contribution in [2.45, 2.75) is 49.8 Å². The maximum absolute atomic E-state index is 13.1. The van der Waals surface area contributed by atoms with E-state index in [2.05, 4.69) is 0 Å². The lowest BCUT2D eigenvalue weighted by molar-refractivity contribution is -0.327. The second-order valence-electron chi connectivity index (χ2n) is 10.9. The van der Waals surface area contributed by atoms with Crippen LogP contribution in [0.5, 0.6) is 17.2 Å². The number of phenolic OH excluding ortho intramolecular Hbond substituents is 2. The van der Waals surface area contributed by atoms with Crippen LogP contribution in [-0.2, 0) is 44.4 Å². The summed E-state index contributed by atoms with van der Waals surface area (Å²) in [5.74, 6) is -3.68. The maximum Gasteiger partial charge on any atom is 0.338 e. The summed E-state index contributed by atoms with van der Waals surface area (Å²) < 4.78 is 37.6. The molecule has 4 rings (SSSR count). The molecule has 0 saturated carbocycles. The lowest BCUT2D eigenvalue weighted by atomic mass is 9.86. The monoisotopic (exact) mass is 690 g/mol. The number of aliphatic hydroxyl groups is 4. The molecule has 0 amide bonds. The summed E-state index contributed by atoms with van der Waals surface area (Å²) in [7, 11) is 2.42. The number of carbonyl (C=O) groups is 3. The number of benzene rings is 2. The predicted molar refractivity (Wildman–Crippen MR) is 164 cm³/mol. The van der Waals surface area contributed by atoms with Crippen LogP contribution in [-0.4, -0.2) is 120 Å². The van der Waals surface area contributed by atoms with E-state index in [0.29, 0.717) is 6.42 Å². The molecule has 1 fully saturated rings. The number of esters is 3. The number of phenols is 2. The van der Waals surface area contributed by atoms with Gasteiger partial charge in [0.1, 0.15) is 36.8 Å². The topological polar surface area (TPSA) is 237 Å². The third-order valence-electron chi connectivity index (χ3n) is 7.81. The van der Waals surface area contributed by atoms with Gasteiger partial charge in [0.2, 0.25) is 6.29 Å². The summed E-state index contributed by atoms with van der Waals surface area (Å²) >= 11 is 0. The molecule has 0 aliphatic carbocycles. The third-order valence-corrected chi connectivity index (χ3v) is 7.81. The van der Waals surface area contributed by atoms with Gasteiger partial charge < -0.3 is 63.8 Å². The summed E-state index contributed by atoms with van der Waals surface area (Å²) in [6.07, 6.45) is -7.64. The molecule has 2 aromatic rings. The van der Waals surface area contributed by atoms with Crippen molar-refractivity contribution in [3.05, 3.63) is 77.1 Å². The van der Waals surface area contributed by atoms with Crippen molar-refractivity contribution in [1.82, 2.24) is 0 Å². The SMILES string of the molecule is COC(=O)C1=CO[C@@H](O[C@H]2O[C@H](CO)[C@@H](O)[C@H](O)[C@H]2O)C(=CCOC(=O)c2ccc(O)c(OC)c2)[C@H]1CC(=O)OCCc1ccc(O)cc1. The number of ether oxygens (including phenoxy) is 7. The minimum absolute atomic E-state index is 0.0262. The van der Waals surface area contributed by atoms with E-state index in [0.717, 1.165) is 18.9 Å². The highest BCUT2D eigenvalue weighted by atomic mass is 16.8. The second-order valence-corrected chi connectivity index (χ2v) is 10.9. The molecule has 0 radical (unpaired) electrons. The Morgan fingerprint density at radius 2 is 1.65 bits per heavy atom.